The Morgan fingerprint density at radius 3 is 2.39 bits per heavy atom. The molecule has 1 aromatic carbocycles. The molecule has 6 heteroatoms. The Labute approximate surface area is 163 Å². The smallest absolute Gasteiger partial charge is 0.303 e. The second kappa shape index (κ2) is 8.00. The molecule has 2 aliphatic carbocycles. The third-order valence-electron chi connectivity index (χ3n) is 5.70. The molecule has 0 saturated carbocycles. The molecule has 0 radical (unpaired) electrons. The molecule has 3 rings (SSSR count). The predicted molar refractivity (Wildman–Crippen MR) is 102 cm³/mol. The molecule has 0 saturated heterocycles. The fourth-order valence-electron chi connectivity index (χ4n) is 4.37. The van der Waals surface area contributed by atoms with Crippen molar-refractivity contribution in [3.8, 4) is 0 Å². The van der Waals surface area contributed by atoms with Crippen molar-refractivity contribution in [1.82, 2.24) is 0 Å². The van der Waals surface area contributed by atoms with Crippen LogP contribution in [0, 0.1) is 5.92 Å². The average Bonchev–Trinajstić information content (AvgIpc) is 2.69. The van der Waals surface area contributed by atoms with E-state index in [0.717, 1.165) is 24.0 Å². The fourth-order valence-corrected chi connectivity index (χ4v) is 4.37. The van der Waals surface area contributed by atoms with Gasteiger partial charge in [0.1, 0.15) is 0 Å². The van der Waals surface area contributed by atoms with Crippen LogP contribution in [0.15, 0.2) is 46.9 Å². The molecule has 2 unspecified atom stereocenters. The van der Waals surface area contributed by atoms with Crippen molar-refractivity contribution in [2.45, 2.75) is 38.5 Å². The van der Waals surface area contributed by atoms with Crippen LogP contribution in [0.25, 0.3) is 0 Å². The molecular formula is C22H24O6. The molecule has 28 heavy (non-hydrogen) atoms. The summed E-state index contributed by atoms with van der Waals surface area (Å²) in [6, 6.07) is 7.84. The highest BCUT2D eigenvalue weighted by molar-refractivity contribution is 6.24. The summed E-state index contributed by atoms with van der Waals surface area (Å²) >= 11 is 0. The Hall–Kier alpha value is -2.89. The second-order valence-corrected chi connectivity index (χ2v) is 7.17. The van der Waals surface area contributed by atoms with Crippen LogP contribution in [-0.4, -0.2) is 36.9 Å². The molecule has 0 aromatic heterocycles. The van der Waals surface area contributed by atoms with Crippen molar-refractivity contribution in [2.75, 3.05) is 14.2 Å². The van der Waals surface area contributed by atoms with Gasteiger partial charge >= 0.3 is 5.97 Å². The molecule has 0 aliphatic heterocycles. The van der Waals surface area contributed by atoms with Crippen LogP contribution in [-0.2, 0) is 30.3 Å². The summed E-state index contributed by atoms with van der Waals surface area (Å²) in [5.41, 5.74) is 2.84. The van der Waals surface area contributed by atoms with E-state index in [1.807, 2.05) is 24.3 Å². The zero-order valence-corrected chi connectivity index (χ0v) is 16.3. The maximum absolute atomic E-state index is 13.3. The Balaban J connectivity index is 2.13. The molecule has 6 nitrogen and oxygen atoms in total. The van der Waals surface area contributed by atoms with E-state index in [0.29, 0.717) is 17.6 Å². The van der Waals surface area contributed by atoms with Crippen molar-refractivity contribution in [3.63, 3.8) is 0 Å². The maximum Gasteiger partial charge on any atom is 0.303 e. The van der Waals surface area contributed by atoms with Crippen LogP contribution in [0.5, 0.6) is 0 Å². The first-order valence-corrected chi connectivity index (χ1v) is 9.32. The van der Waals surface area contributed by atoms with Crippen LogP contribution < -0.4 is 0 Å². The molecule has 2 atom stereocenters. The lowest BCUT2D eigenvalue weighted by molar-refractivity contribution is -0.137. The van der Waals surface area contributed by atoms with Crippen molar-refractivity contribution >= 4 is 17.5 Å². The monoisotopic (exact) mass is 384 g/mol. The number of aryl methyl sites for hydroxylation is 1. The molecule has 2 aliphatic rings. The van der Waals surface area contributed by atoms with E-state index in [2.05, 4.69) is 0 Å². The maximum atomic E-state index is 13.3. The number of benzene rings is 1. The molecule has 1 aromatic rings. The van der Waals surface area contributed by atoms with E-state index in [9.17, 15) is 14.4 Å². The first-order chi connectivity index (χ1) is 13.4. The van der Waals surface area contributed by atoms with Crippen LogP contribution in [0.1, 0.15) is 43.2 Å². The number of allylic oxidation sites excluding steroid dienone is 2. The normalized spacial score (nSPS) is 22.2. The van der Waals surface area contributed by atoms with E-state index < -0.39 is 5.97 Å². The third kappa shape index (κ3) is 3.35. The van der Waals surface area contributed by atoms with Crippen molar-refractivity contribution in [2.24, 2.45) is 5.92 Å². The quantitative estimate of drug-likeness (QED) is 0.758. The highest BCUT2D eigenvalue weighted by atomic mass is 16.5. The lowest BCUT2D eigenvalue weighted by Gasteiger charge is -2.36. The van der Waals surface area contributed by atoms with E-state index >= 15 is 0 Å². The average molecular weight is 384 g/mol. The van der Waals surface area contributed by atoms with Crippen LogP contribution in [0.3, 0.4) is 0 Å². The van der Waals surface area contributed by atoms with E-state index in [1.165, 1.54) is 14.2 Å². The van der Waals surface area contributed by atoms with E-state index in [1.54, 1.807) is 6.92 Å². The molecule has 1 N–H and O–H groups in total. The summed E-state index contributed by atoms with van der Waals surface area (Å²) in [6.45, 7) is 1.63. The molecular weight excluding hydrogens is 360 g/mol. The Morgan fingerprint density at radius 1 is 1.11 bits per heavy atom. The minimum Gasteiger partial charge on any atom is -0.489 e. The summed E-state index contributed by atoms with van der Waals surface area (Å²) in [5, 5.41) is 9.15. The number of rotatable bonds is 6. The van der Waals surface area contributed by atoms with Gasteiger partial charge in [-0.25, -0.2) is 0 Å². The minimum absolute atomic E-state index is 0.0219. The number of hydrogen-bond acceptors (Lipinski definition) is 5. The van der Waals surface area contributed by atoms with Gasteiger partial charge in [0.15, 0.2) is 0 Å². The number of methoxy groups -OCH3 is 2. The summed E-state index contributed by atoms with van der Waals surface area (Å²) in [5.74, 6) is -2.16. The van der Waals surface area contributed by atoms with Gasteiger partial charge in [-0.2, -0.15) is 0 Å². The van der Waals surface area contributed by atoms with Crippen molar-refractivity contribution in [3.05, 3.63) is 58.1 Å². The van der Waals surface area contributed by atoms with Gasteiger partial charge in [0, 0.05) is 23.5 Å². The molecule has 0 fully saturated rings. The lowest BCUT2D eigenvalue weighted by Crippen LogP contribution is -2.32. The summed E-state index contributed by atoms with van der Waals surface area (Å²) < 4.78 is 10.4. The molecule has 0 spiro atoms. The Kier molecular flexibility index (Phi) is 5.68. The van der Waals surface area contributed by atoms with Crippen LogP contribution in [0.4, 0.5) is 0 Å². The van der Waals surface area contributed by atoms with Crippen LogP contribution in [0.2, 0.25) is 0 Å². The fraction of sp³-hybridized carbons (Fsp3) is 0.409. The highest BCUT2D eigenvalue weighted by Crippen LogP contribution is 2.46. The number of carboxylic acid groups (broad SMARTS) is 1. The number of fused-ring (bicyclic) bond motifs is 1. The number of aliphatic carboxylic acids is 1. The summed E-state index contributed by atoms with van der Waals surface area (Å²) in [6.07, 6.45) is 2.04. The lowest BCUT2D eigenvalue weighted by atomic mass is 9.67. The van der Waals surface area contributed by atoms with Gasteiger partial charge in [-0.05, 0) is 43.2 Å². The predicted octanol–water partition coefficient (Wildman–Crippen LogP) is 3.17. The van der Waals surface area contributed by atoms with E-state index in [-0.39, 0.29) is 41.3 Å². The first kappa shape index (κ1) is 19.9. The summed E-state index contributed by atoms with van der Waals surface area (Å²) in [7, 11) is 2.68. The van der Waals surface area contributed by atoms with E-state index in [4.69, 9.17) is 14.6 Å². The molecule has 0 bridgehead atoms. The van der Waals surface area contributed by atoms with Gasteiger partial charge in [0.2, 0.25) is 23.1 Å². The van der Waals surface area contributed by atoms with Gasteiger partial charge in [-0.1, -0.05) is 24.3 Å². The second-order valence-electron chi connectivity index (χ2n) is 7.17. The molecule has 0 heterocycles. The van der Waals surface area contributed by atoms with Crippen molar-refractivity contribution < 1.29 is 29.0 Å². The number of ketones is 2. The zero-order chi connectivity index (χ0) is 20.4. The van der Waals surface area contributed by atoms with Gasteiger partial charge in [-0.3, -0.25) is 14.4 Å². The first-order valence-electron chi connectivity index (χ1n) is 9.32. The SMILES string of the molecule is COC1=C(OC)C(=O)C(C2c3ccccc3CCC2CCC(=O)O)=C(C)C1=O. The Bertz CT molecular complexity index is 892. The zero-order valence-electron chi connectivity index (χ0n) is 16.3. The van der Waals surface area contributed by atoms with Gasteiger partial charge in [0.25, 0.3) is 0 Å². The standard InChI is InChI=1S/C22H24O6/c1-12-17(20(26)22(28-3)21(27-2)19(12)25)18-14(10-11-16(23)24)9-8-13-6-4-5-7-15(13)18/h4-7,14,18H,8-11H2,1-3H3,(H,23,24). The van der Waals surface area contributed by atoms with Gasteiger partial charge < -0.3 is 14.6 Å². The Morgan fingerprint density at radius 2 is 1.75 bits per heavy atom. The number of ether oxygens (including phenoxy) is 2. The van der Waals surface area contributed by atoms with Gasteiger partial charge in [-0.15, -0.1) is 0 Å². The molecule has 148 valence electrons. The number of hydrogen-bond donors (Lipinski definition) is 1. The largest absolute Gasteiger partial charge is 0.489 e. The number of carboxylic acids is 1. The van der Waals surface area contributed by atoms with Crippen molar-refractivity contribution in [1.29, 1.82) is 0 Å². The van der Waals surface area contributed by atoms with Gasteiger partial charge in [0.05, 0.1) is 14.2 Å². The number of Topliss-reactive ketones (excluding diaryl/α,β-unsaturated/α-hetero) is 2. The topological polar surface area (TPSA) is 89.9 Å². The minimum atomic E-state index is -0.867. The molecule has 0 amide bonds. The summed E-state index contributed by atoms with van der Waals surface area (Å²) in [4.78, 5) is 37.3. The van der Waals surface area contributed by atoms with Crippen LogP contribution >= 0.6 is 0 Å². The number of carbonyl (C=O) groups is 3. The highest BCUT2D eigenvalue weighted by Gasteiger charge is 2.42. The third-order valence-corrected chi connectivity index (χ3v) is 5.70. The number of carbonyl (C=O) groups excluding carboxylic acids is 2.